The van der Waals surface area contributed by atoms with Crippen molar-refractivity contribution in [3.05, 3.63) is 29.8 Å². The van der Waals surface area contributed by atoms with E-state index in [2.05, 4.69) is 16.0 Å². The molecule has 0 aliphatic carbocycles. The molecule has 0 bridgehead atoms. The van der Waals surface area contributed by atoms with Gasteiger partial charge in [-0.05, 0) is 45.4 Å². The highest BCUT2D eigenvalue weighted by Gasteiger charge is 2.27. The zero-order chi connectivity index (χ0) is 22.2. The molecule has 160 valence electrons. The van der Waals surface area contributed by atoms with Crippen molar-refractivity contribution in [3.63, 3.8) is 0 Å². The van der Waals surface area contributed by atoms with E-state index < -0.39 is 48.1 Å². The van der Waals surface area contributed by atoms with Crippen molar-refractivity contribution in [2.75, 3.05) is 6.54 Å². The summed E-state index contributed by atoms with van der Waals surface area (Å²) in [5.74, 6) is -2.49. The van der Waals surface area contributed by atoms with Gasteiger partial charge in [0, 0.05) is 6.42 Å². The molecule has 0 unspecified atom stereocenters. The first kappa shape index (κ1) is 23.7. The van der Waals surface area contributed by atoms with E-state index in [0.717, 1.165) is 0 Å². The number of carboxylic acids is 1. The Morgan fingerprint density at radius 1 is 1.03 bits per heavy atom. The topological polar surface area (TPSA) is 154 Å². The Bertz CT molecular complexity index is 741. The standard InChI is InChI=1S/C19H27N3O7/c1-11(16(26)20-10-15(24)25)21-17(27)14(22-18(28)29-19(2,3)4)9-12-5-7-13(23)8-6-12/h5-8,11,14,23H,9-10H2,1-4H3,(H,20,26)(H,21,27)(H,22,28)(H,24,25)/t11-,14+/m1/s1. The molecule has 1 aromatic rings. The van der Waals surface area contributed by atoms with Gasteiger partial charge < -0.3 is 30.9 Å². The smallest absolute Gasteiger partial charge is 0.408 e. The number of phenolic OH excluding ortho intramolecular Hbond substituents is 1. The molecule has 10 nitrogen and oxygen atoms in total. The molecule has 0 radical (unpaired) electrons. The maximum Gasteiger partial charge on any atom is 0.408 e. The lowest BCUT2D eigenvalue weighted by Crippen LogP contribution is -2.54. The van der Waals surface area contributed by atoms with Crippen molar-refractivity contribution in [1.29, 1.82) is 0 Å². The summed E-state index contributed by atoms with van der Waals surface area (Å²) in [4.78, 5) is 47.2. The summed E-state index contributed by atoms with van der Waals surface area (Å²) in [6, 6.07) is 3.98. The Morgan fingerprint density at radius 3 is 2.14 bits per heavy atom. The van der Waals surface area contributed by atoms with Gasteiger partial charge in [0.1, 0.15) is 30.0 Å². The number of carbonyl (C=O) groups excluding carboxylic acids is 3. The highest BCUT2D eigenvalue weighted by atomic mass is 16.6. The summed E-state index contributed by atoms with van der Waals surface area (Å²) in [6.45, 7) is 5.84. The maximum absolute atomic E-state index is 12.6. The van der Waals surface area contributed by atoms with Crippen LogP contribution < -0.4 is 16.0 Å². The number of aromatic hydroxyl groups is 1. The minimum Gasteiger partial charge on any atom is -0.508 e. The van der Waals surface area contributed by atoms with Gasteiger partial charge in [0.15, 0.2) is 0 Å². The van der Waals surface area contributed by atoms with E-state index in [-0.39, 0.29) is 12.2 Å². The Labute approximate surface area is 168 Å². The Kier molecular flexibility index (Phi) is 8.43. The summed E-state index contributed by atoms with van der Waals surface area (Å²) in [5, 5.41) is 25.1. The molecule has 5 N–H and O–H groups in total. The molecule has 1 aromatic carbocycles. The van der Waals surface area contributed by atoms with Gasteiger partial charge >= 0.3 is 12.1 Å². The van der Waals surface area contributed by atoms with Crippen LogP contribution in [0.3, 0.4) is 0 Å². The maximum atomic E-state index is 12.6. The van der Waals surface area contributed by atoms with E-state index in [4.69, 9.17) is 9.84 Å². The normalized spacial score (nSPS) is 13.0. The number of alkyl carbamates (subject to hydrolysis) is 1. The number of carboxylic acid groups (broad SMARTS) is 1. The number of benzene rings is 1. The third-order valence-corrected chi connectivity index (χ3v) is 3.55. The largest absolute Gasteiger partial charge is 0.508 e. The van der Waals surface area contributed by atoms with Crippen LogP contribution in [-0.2, 0) is 25.5 Å². The monoisotopic (exact) mass is 409 g/mol. The lowest BCUT2D eigenvalue weighted by atomic mass is 10.0. The van der Waals surface area contributed by atoms with Crippen LogP contribution in [-0.4, -0.2) is 58.3 Å². The minimum absolute atomic E-state index is 0.0542. The van der Waals surface area contributed by atoms with Crippen molar-refractivity contribution in [1.82, 2.24) is 16.0 Å². The molecule has 3 amide bonds. The lowest BCUT2D eigenvalue weighted by molar-refractivity contribution is -0.138. The molecule has 0 spiro atoms. The van der Waals surface area contributed by atoms with Crippen LogP contribution in [0.5, 0.6) is 5.75 Å². The third-order valence-electron chi connectivity index (χ3n) is 3.55. The second-order valence-electron chi connectivity index (χ2n) is 7.41. The van der Waals surface area contributed by atoms with E-state index in [9.17, 15) is 24.3 Å². The minimum atomic E-state index is -1.21. The van der Waals surface area contributed by atoms with Crippen molar-refractivity contribution >= 4 is 23.9 Å². The van der Waals surface area contributed by atoms with Crippen LogP contribution in [0.1, 0.15) is 33.3 Å². The van der Waals surface area contributed by atoms with Crippen molar-refractivity contribution in [2.24, 2.45) is 0 Å². The fraction of sp³-hybridized carbons (Fsp3) is 0.474. The first-order valence-electron chi connectivity index (χ1n) is 8.94. The third kappa shape index (κ3) is 9.45. The van der Waals surface area contributed by atoms with Crippen LogP contribution in [0.15, 0.2) is 24.3 Å². The second-order valence-corrected chi connectivity index (χ2v) is 7.41. The predicted molar refractivity (Wildman–Crippen MR) is 103 cm³/mol. The van der Waals surface area contributed by atoms with Crippen molar-refractivity contribution in [2.45, 2.75) is 51.8 Å². The number of phenols is 1. The quantitative estimate of drug-likeness (QED) is 0.420. The molecular weight excluding hydrogens is 382 g/mol. The molecule has 0 saturated carbocycles. The number of ether oxygens (including phenoxy) is 1. The number of hydrogen-bond donors (Lipinski definition) is 5. The molecule has 0 aromatic heterocycles. The Balaban J connectivity index is 2.86. The van der Waals surface area contributed by atoms with Crippen LogP contribution in [0.25, 0.3) is 0 Å². The first-order chi connectivity index (χ1) is 13.4. The summed E-state index contributed by atoms with van der Waals surface area (Å²) >= 11 is 0. The van der Waals surface area contributed by atoms with Gasteiger partial charge in [-0.25, -0.2) is 4.79 Å². The number of aliphatic carboxylic acids is 1. The first-order valence-corrected chi connectivity index (χ1v) is 8.94. The Hall–Kier alpha value is -3.30. The lowest BCUT2D eigenvalue weighted by Gasteiger charge is -2.24. The highest BCUT2D eigenvalue weighted by Crippen LogP contribution is 2.12. The number of carbonyl (C=O) groups is 4. The number of rotatable bonds is 8. The van der Waals surface area contributed by atoms with Crippen molar-refractivity contribution in [3.8, 4) is 5.75 Å². The molecule has 2 atom stereocenters. The van der Waals surface area contributed by atoms with Gasteiger partial charge in [-0.15, -0.1) is 0 Å². The van der Waals surface area contributed by atoms with Crippen molar-refractivity contribution < 1.29 is 34.1 Å². The van der Waals surface area contributed by atoms with Crippen LogP contribution in [0, 0.1) is 0 Å². The molecule has 0 fully saturated rings. The van der Waals surface area contributed by atoms with Gasteiger partial charge in [0.05, 0.1) is 0 Å². The number of hydrogen-bond acceptors (Lipinski definition) is 6. The van der Waals surface area contributed by atoms with Crippen LogP contribution >= 0.6 is 0 Å². The fourth-order valence-electron chi connectivity index (χ4n) is 2.22. The van der Waals surface area contributed by atoms with E-state index >= 15 is 0 Å². The predicted octanol–water partition coefficient (Wildman–Crippen LogP) is 0.534. The van der Waals surface area contributed by atoms with Gasteiger partial charge in [0.2, 0.25) is 11.8 Å². The number of amides is 3. The molecule has 0 aliphatic heterocycles. The van der Waals surface area contributed by atoms with Crippen LogP contribution in [0.2, 0.25) is 0 Å². The van der Waals surface area contributed by atoms with E-state index in [1.165, 1.54) is 19.1 Å². The van der Waals surface area contributed by atoms with E-state index in [1.54, 1.807) is 32.9 Å². The van der Waals surface area contributed by atoms with Crippen LogP contribution in [0.4, 0.5) is 4.79 Å². The molecular formula is C19H27N3O7. The molecule has 1 rings (SSSR count). The zero-order valence-corrected chi connectivity index (χ0v) is 16.8. The summed E-state index contributed by atoms with van der Waals surface area (Å²) in [7, 11) is 0. The Morgan fingerprint density at radius 2 is 1.62 bits per heavy atom. The molecule has 0 saturated heterocycles. The summed E-state index contributed by atoms with van der Waals surface area (Å²) < 4.78 is 5.18. The molecule has 10 heteroatoms. The van der Waals surface area contributed by atoms with Gasteiger partial charge in [-0.3, -0.25) is 14.4 Å². The second kappa shape index (κ2) is 10.3. The molecule has 0 aliphatic rings. The van der Waals surface area contributed by atoms with Gasteiger partial charge in [-0.2, -0.15) is 0 Å². The van der Waals surface area contributed by atoms with E-state index in [1.807, 2.05) is 0 Å². The number of nitrogens with one attached hydrogen (secondary N) is 3. The summed E-state index contributed by atoms with van der Waals surface area (Å²) in [5.41, 5.74) is -0.116. The molecule has 29 heavy (non-hydrogen) atoms. The average molecular weight is 409 g/mol. The average Bonchev–Trinajstić information content (AvgIpc) is 2.59. The summed E-state index contributed by atoms with van der Waals surface area (Å²) in [6.07, 6.45) is -0.728. The SMILES string of the molecule is C[C@@H](NC(=O)[C@H](Cc1ccc(O)cc1)NC(=O)OC(C)(C)C)C(=O)NCC(=O)O. The van der Waals surface area contributed by atoms with E-state index in [0.29, 0.717) is 5.56 Å². The molecule has 0 heterocycles. The highest BCUT2D eigenvalue weighted by molar-refractivity contribution is 5.92. The zero-order valence-electron chi connectivity index (χ0n) is 16.8. The fourth-order valence-corrected chi connectivity index (χ4v) is 2.22. The van der Waals surface area contributed by atoms with Gasteiger partial charge in [-0.1, -0.05) is 12.1 Å². The van der Waals surface area contributed by atoms with Gasteiger partial charge in [0.25, 0.3) is 0 Å².